The molecule has 16 heavy (non-hydrogen) atoms. The predicted molar refractivity (Wildman–Crippen MR) is 65.8 cm³/mol. The average Bonchev–Trinajstić information content (AvgIpc) is 2.30. The number of anilines is 1. The topological polar surface area (TPSA) is 44.6 Å². The monoisotopic (exact) mass is 212 g/mol. The zero-order chi connectivity index (χ0) is 11.2. The molecule has 80 valence electrons. The van der Waals surface area contributed by atoms with Gasteiger partial charge in [0.25, 0.3) is 0 Å². The summed E-state index contributed by atoms with van der Waals surface area (Å²) in [5.41, 5.74) is 4.68. The van der Waals surface area contributed by atoms with Crippen LogP contribution in [0.5, 0.6) is 5.75 Å². The fraction of sp³-hybridized carbons (Fsp3) is 0. The van der Waals surface area contributed by atoms with Crippen molar-refractivity contribution in [3.05, 3.63) is 60.2 Å². The lowest BCUT2D eigenvalue weighted by molar-refractivity contribution is 0.475. The van der Waals surface area contributed by atoms with E-state index in [1.54, 1.807) is 24.4 Å². The number of hydrogen-bond acceptors (Lipinski definition) is 3. The zero-order valence-electron chi connectivity index (χ0n) is 8.67. The number of hydrazone groups is 1. The molecule has 0 aromatic heterocycles. The molecule has 2 N–H and O–H groups in total. The molecule has 0 amide bonds. The van der Waals surface area contributed by atoms with Crippen molar-refractivity contribution in [3.63, 3.8) is 0 Å². The summed E-state index contributed by atoms with van der Waals surface area (Å²) in [6.07, 6.45) is 1.66. The van der Waals surface area contributed by atoms with E-state index in [0.717, 1.165) is 11.3 Å². The minimum absolute atomic E-state index is 0.240. The SMILES string of the molecule is Oc1cccc(C=NNc2ccccc2)c1. The van der Waals surface area contributed by atoms with E-state index in [1.807, 2.05) is 36.4 Å². The van der Waals surface area contributed by atoms with Crippen molar-refractivity contribution in [2.45, 2.75) is 0 Å². The third kappa shape index (κ3) is 2.85. The van der Waals surface area contributed by atoms with Gasteiger partial charge in [-0.2, -0.15) is 5.10 Å². The van der Waals surface area contributed by atoms with Crippen LogP contribution >= 0.6 is 0 Å². The number of nitrogens with one attached hydrogen (secondary N) is 1. The maximum atomic E-state index is 9.25. The molecule has 0 unspecified atom stereocenters. The summed E-state index contributed by atoms with van der Waals surface area (Å²) in [5.74, 6) is 0.240. The summed E-state index contributed by atoms with van der Waals surface area (Å²) < 4.78 is 0. The van der Waals surface area contributed by atoms with Crippen molar-refractivity contribution in [3.8, 4) is 5.75 Å². The highest BCUT2D eigenvalue weighted by Gasteiger charge is 1.89. The molecule has 0 radical (unpaired) electrons. The molecule has 2 aromatic rings. The number of para-hydroxylation sites is 1. The standard InChI is InChI=1S/C13H12N2O/c16-13-8-4-5-11(9-13)10-14-15-12-6-2-1-3-7-12/h1-10,15-16H. The van der Waals surface area contributed by atoms with Gasteiger partial charge in [-0.25, -0.2) is 0 Å². The van der Waals surface area contributed by atoms with Crippen molar-refractivity contribution in [1.29, 1.82) is 0 Å². The van der Waals surface area contributed by atoms with Crippen molar-refractivity contribution in [2.24, 2.45) is 5.10 Å². The first-order chi connectivity index (χ1) is 7.84. The fourth-order valence-corrected chi connectivity index (χ4v) is 1.30. The minimum Gasteiger partial charge on any atom is -0.508 e. The van der Waals surface area contributed by atoms with Gasteiger partial charge in [0.2, 0.25) is 0 Å². The molecule has 2 rings (SSSR count). The lowest BCUT2D eigenvalue weighted by Crippen LogP contribution is -1.89. The summed E-state index contributed by atoms with van der Waals surface area (Å²) >= 11 is 0. The fourth-order valence-electron chi connectivity index (χ4n) is 1.30. The first-order valence-corrected chi connectivity index (χ1v) is 4.98. The quantitative estimate of drug-likeness (QED) is 0.607. The maximum Gasteiger partial charge on any atom is 0.116 e. The molecule has 0 aliphatic heterocycles. The molecule has 0 heterocycles. The Labute approximate surface area is 94.1 Å². The number of aromatic hydroxyl groups is 1. The third-order valence-corrected chi connectivity index (χ3v) is 2.05. The first-order valence-electron chi connectivity index (χ1n) is 4.98. The lowest BCUT2D eigenvalue weighted by atomic mass is 10.2. The van der Waals surface area contributed by atoms with Crippen molar-refractivity contribution in [1.82, 2.24) is 0 Å². The summed E-state index contributed by atoms with van der Waals surface area (Å²) in [6, 6.07) is 16.6. The molecular weight excluding hydrogens is 200 g/mol. The van der Waals surface area contributed by atoms with Crippen molar-refractivity contribution >= 4 is 11.9 Å². The second-order valence-corrected chi connectivity index (χ2v) is 3.33. The molecule has 0 fully saturated rings. The molecule has 0 saturated carbocycles. The third-order valence-electron chi connectivity index (χ3n) is 2.05. The molecule has 2 aromatic carbocycles. The smallest absolute Gasteiger partial charge is 0.116 e. The second kappa shape index (κ2) is 4.98. The van der Waals surface area contributed by atoms with E-state index in [9.17, 15) is 5.11 Å². The van der Waals surface area contributed by atoms with Gasteiger partial charge < -0.3 is 5.11 Å². The maximum absolute atomic E-state index is 9.25. The lowest BCUT2D eigenvalue weighted by Gasteiger charge is -1.98. The highest BCUT2D eigenvalue weighted by Crippen LogP contribution is 2.09. The Morgan fingerprint density at radius 3 is 2.56 bits per heavy atom. The van der Waals surface area contributed by atoms with Gasteiger partial charge in [0.1, 0.15) is 5.75 Å². The normalized spacial score (nSPS) is 10.5. The van der Waals surface area contributed by atoms with E-state index >= 15 is 0 Å². The number of phenolic OH excluding ortho intramolecular Hbond substituents is 1. The van der Waals surface area contributed by atoms with Gasteiger partial charge in [-0.3, -0.25) is 5.43 Å². The Morgan fingerprint density at radius 1 is 1.00 bits per heavy atom. The predicted octanol–water partition coefficient (Wildman–Crippen LogP) is 2.84. The van der Waals surface area contributed by atoms with Crippen LogP contribution in [-0.2, 0) is 0 Å². The molecule has 0 bridgehead atoms. The molecule has 3 nitrogen and oxygen atoms in total. The highest BCUT2D eigenvalue weighted by molar-refractivity contribution is 5.80. The second-order valence-electron chi connectivity index (χ2n) is 3.33. The first kappa shape index (κ1) is 10.2. The van der Waals surface area contributed by atoms with Crippen LogP contribution in [0.25, 0.3) is 0 Å². The molecule has 3 heteroatoms. The van der Waals surface area contributed by atoms with Crippen LogP contribution in [0.1, 0.15) is 5.56 Å². The Morgan fingerprint density at radius 2 is 1.81 bits per heavy atom. The number of phenols is 1. The molecule has 0 aliphatic rings. The van der Waals surface area contributed by atoms with E-state index in [2.05, 4.69) is 10.5 Å². The van der Waals surface area contributed by atoms with E-state index in [1.165, 1.54) is 0 Å². The molecule has 0 spiro atoms. The number of nitrogens with zero attached hydrogens (tertiary/aromatic N) is 1. The van der Waals surface area contributed by atoms with Gasteiger partial charge in [0, 0.05) is 0 Å². The molecule has 0 atom stereocenters. The van der Waals surface area contributed by atoms with Crippen LogP contribution in [0.4, 0.5) is 5.69 Å². The Bertz CT molecular complexity index is 480. The van der Waals surface area contributed by atoms with Crippen LogP contribution in [-0.4, -0.2) is 11.3 Å². The Balaban J connectivity index is 2.00. The Hall–Kier alpha value is -2.29. The zero-order valence-corrected chi connectivity index (χ0v) is 8.67. The van der Waals surface area contributed by atoms with E-state index < -0.39 is 0 Å². The minimum atomic E-state index is 0.240. The van der Waals surface area contributed by atoms with Crippen LogP contribution in [0, 0.1) is 0 Å². The number of rotatable bonds is 3. The highest BCUT2D eigenvalue weighted by atomic mass is 16.3. The van der Waals surface area contributed by atoms with Crippen molar-refractivity contribution < 1.29 is 5.11 Å². The van der Waals surface area contributed by atoms with Gasteiger partial charge >= 0.3 is 0 Å². The summed E-state index contributed by atoms with van der Waals surface area (Å²) in [5, 5.41) is 13.3. The largest absolute Gasteiger partial charge is 0.508 e. The van der Waals surface area contributed by atoms with Crippen LogP contribution in [0.3, 0.4) is 0 Å². The number of benzene rings is 2. The number of hydrogen-bond donors (Lipinski definition) is 2. The summed E-state index contributed by atoms with van der Waals surface area (Å²) in [4.78, 5) is 0. The van der Waals surface area contributed by atoms with Crippen molar-refractivity contribution in [2.75, 3.05) is 5.43 Å². The van der Waals surface area contributed by atoms with Gasteiger partial charge in [-0.05, 0) is 29.8 Å². The summed E-state index contributed by atoms with van der Waals surface area (Å²) in [6.45, 7) is 0. The van der Waals surface area contributed by atoms with Crippen LogP contribution in [0.15, 0.2) is 59.7 Å². The van der Waals surface area contributed by atoms with E-state index in [0.29, 0.717) is 0 Å². The van der Waals surface area contributed by atoms with Crippen LogP contribution < -0.4 is 5.43 Å². The molecule has 0 saturated heterocycles. The van der Waals surface area contributed by atoms with Gasteiger partial charge in [0.15, 0.2) is 0 Å². The summed E-state index contributed by atoms with van der Waals surface area (Å²) in [7, 11) is 0. The average molecular weight is 212 g/mol. The van der Waals surface area contributed by atoms with E-state index in [-0.39, 0.29) is 5.75 Å². The van der Waals surface area contributed by atoms with Gasteiger partial charge in [0.05, 0.1) is 11.9 Å². The Kier molecular flexibility index (Phi) is 3.18. The van der Waals surface area contributed by atoms with E-state index in [4.69, 9.17) is 0 Å². The molecular formula is C13H12N2O. The van der Waals surface area contributed by atoms with Gasteiger partial charge in [-0.15, -0.1) is 0 Å². The van der Waals surface area contributed by atoms with Crippen LogP contribution in [0.2, 0.25) is 0 Å². The molecule has 0 aliphatic carbocycles. The van der Waals surface area contributed by atoms with Gasteiger partial charge in [-0.1, -0.05) is 30.3 Å².